The van der Waals surface area contributed by atoms with Gasteiger partial charge in [0.15, 0.2) is 0 Å². The van der Waals surface area contributed by atoms with Gasteiger partial charge < -0.3 is 4.74 Å². The highest BCUT2D eigenvalue weighted by atomic mass is 16.5. The largest absolute Gasteiger partial charge is 0.439 e. The zero-order valence-electron chi connectivity index (χ0n) is 12.6. The van der Waals surface area contributed by atoms with E-state index in [4.69, 9.17) is 4.74 Å². The molecule has 0 aliphatic heterocycles. The second-order valence-corrected chi connectivity index (χ2v) is 4.96. The van der Waals surface area contributed by atoms with Crippen LogP contribution >= 0.6 is 0 Å². The zero-order valence-corrected chi connectivity index (χ0v) is 12.6. The van der Waals surface area contributed by atoms with Crippen LogP contribution in [0.3, 0.4) is 0 Å². The highest BCUT2D eigenvalue weighted by Crippen LogP contribution is 2.11. The number of para-hydroxylation sites is 1. The molecular formula is C18H15N3O2. The third-order valence-corrected chi connectivity index (χ3v) is 3.17. The highest BCUT2D eigenvalue weighted by molar-refractivity contribution is 5.71. The maximum Gasteiger partial charge on any atom is 0.439 e. The molecule has 5 nitrogen and oxygen atoms in total. The van der Waals surface area contributed by atoms with Gasteiger partial charge in [-0.05, 0) is 37.3 Å². The van der Waals surface area contributed by atoms with Crippen molar-refractivity contribution in [2.45, 2.75) is 6.92 Å². The van der Waals surface area contributed by atoms with Crippen LogP contribution in [0.5, 0.6) is 5.75 Å². The van der Waals surface area contributed by atoms with Gasteiger partial charge in [-0.3, -0.25) is 0 Å². The van der Waals surface area contributed by atoms with E-state index in [0.717, 1.165) is 11.3 Å². The molecule has 114 valence electrons. The van der Waals surface area contributed by atoms with E-state index in [0.29, 0.717) is 11.1 Å². The molecule has 0 saturated carbocycles. The van der Waals surface area contributed by atoms with Crippen LogP contribution in [0.2, 0.25) is 0 Å². The average molecular weight is 305 g/mol. The molecular weight excluding hydrogens is 290 g/mol. The number of carbonyl (C=O) groups is 1. The highest BCUT2D eigenvalue weighted by Gasteiger charge is 2.02. The Balaban J connectivity index is 1.74. The first-order chi connectivity index (χ1) is 11.2. The van der Waals surface area contributed by atoms with Gasteiger partial charge in [-0.2, -0.15) is 10.1 Å². The monoisotopic (exact) mass is 305 g/mol. The molecule has 3 aromatic rings. The number of aromatic nitrogens is 2. The third-order valence-electron chi connectivity index (χ3n) is 3.17. The Hall–Kier alpha value is -3.21. The standard InChI is InChI=1S/C18H15N3O2/c1-14-7-9-17(10-8-14)23-18(22)20-15-11-12-21(19-13-15)16-5-3-2-4-6-16/h2-13H,1H3. The Bertz CT molecular complexity index is 848. The lowest BCUT2D eigenvalue weighted by Crippen LogP contribution is -2.13. The van der Waals surface area contributed by atoms with Crippen molar-refractivity contribution >= 4 is 6.09 Å². The number of rotatable bonds is 2. The predicted molar refractivity (Wildman–Crippen MR) is 86.3 cm³/mol. The van der Waals surface area contributed by atoms with Crippen LogP contribution in [0, 0.1) is 6.92 Å². The molecule has 0 aliphatic rings. The number of hydrogen-bond acceptors (Lipinski definition) is 3. The van der Waals surface area contributed by atoms with Crippen molar-refractivity contribution in [3.63, 3.8) is 0 Å². The molecule has 3 rings (SSSR count). The van der Waals surface area contributed by atoms with Gasteiger partial charge in [-0.25, -0.2) is 9.48 Å². The molecule has 23 heavy (non-hydrogen) atoms. The lowest BCUT2D eigenvalue weighted by atomic mass is 10.2. The van der Waals surface area contributed by atoms with Gasteiger partial charge in [-0.15, -0.1) is 0 Å². The van der Waals surface area contributed by atoms with Gasteiger partial charge in [-0.1, -0.05) is 35.9 Å². The molecule has 1 heterocycles. The van der Waals surface area contributed by atoms with Gasteiger partial charge in [0.25, 0.3) is 0 Å². The topological polar surface area (TPSA) is 56.5 Å². The number of carbonyl (C=O) groups excluding carboxylic acids is 1. The number of amides is 1. The van der Waals surface area contributed by atoms with Gasteiger partial charge in [0.05, 0.1) is 17.2 Å². The van der Waals surface area contributed by atoms with Gasteiger partial charge in [0, 0.05) is 6.20 Å². The molecule has 0 spiro atoms. The molecule has 0 aliphatic carbocycles. The summed E-state index contributed by atoms with van der Waals surface area (Å²) in [4.78, 5) is 15.7. The molecule has 1 amide bonds. The average Bonchev–Trinajstić information content (AvgIpc) is 2.58. The lowest BCUT2D eigenvalue weighted by molar-refractivity contribution is 0.210. The fraction of sp³-hybridized carbons (Fsp3) is 0.0556. The van der Waals surface area contributed by atoms with Crippen LogP contribution in [0.1, 0.15) is 5.56 Å². The minimum Gasteiger partial charge on any atom is -0.409 e. The molecule has 1 aromatic heterocycles. The minimum atomic E-state index is -0.673. The SMILES string of the molecule is Cc1ccc(OC(=O)N=c2ccn(-c3ccccc3)nc2)cc1. The van der Waals surface area contributed by atoms with Crippen molar-refractivity contribution < 1.29 is 9.53 Å². The molecule has 0 bridgehead atoms. The van der Waals surface area contributed by atoms with Crippen LogP contribution in [0.15, 0.2) is 78.0 Å². The Morgan fingerprint density at radius 2 is 1.78 bits per heavy atom. The summed E-state index contributed by atoms with van der Waals surface area (Å²) in [6, 6.07) is 18.6. The van der Waals surface area contributed by atoms with E-state index < -0.39 is 6.09 Å². The summed E-state index contributed by atoms with van der Waals surface area (Å²) < 4.78 is 6.85. The Morgan fingerprint density at radius 1 is 1.04 bits per heavy atom. The zero-order chi connectivity index (χ0) is 16.1. The number of aryl methyl sites for hydroxylation is 1. The van der Waals surface area contributed by atoms with E-state index in [1.54, 1.807) is 29.1 Å². The minimum absolute atomic E-state index is 0.439. The van der Waals surface area contributed by atoms with Crippen LogP contribution < -0.4 is 10.1 Å². The van der Waals surface area contributed by atoms with E-state index in [9.17, 15) is 4.79 Å². The summed E-state index contributed by atoms with van der Waals surface area (Å²) in [5, 5.41) is 4.67. The van der Waals surface area contributed by atoms with Crippen LogP contribution in [-0.2, 0) is 0 Å². The molecule has 0 fully saturated rings. The van der Waals surface area contributed by atoms with Crippen molar-refractivity contribution in [2.24, 2.45) is 4.99 Å². The van der Waals surface area contributed by atoms with Crippen molar-refractivity contribution in [3.8, 4) is 11.4 Å². The fourth-order valence-corrected chi connectivity index (χ4v) is 1.98. The number of benzene rings is 2. The summed E-state index contributed by atoms with van der Waals surface area (Å²) in [7, 11) is 0. The maximum absolute atomic E-state index is 11.8. The van der Waals surface area contributed by atoms with E-state index >= 15 is 0 Å². The molecule has 0 N–H and O–H groups in total. The smallest absolute Gasteiger partial charge is 0.409 e. The first kappa shape index (κ1) is 14.7. The molecule has 5 heteroatoms. The predicted octanol–water partition coefficient (Wildman–Crippen LogP) is 3.28. The maximum atomic E-state index is 11.8. The Kier molecular flexibility index (Phi) is 4.29. The van der Waals surface area contributed by atoms with Crippen molar-refractivity contribution in [1.82, 2.24) is 9.78 Å². The van der Waals surface area contributed by atoms with Crippen molar-refractivity contribution in [3.05, 3.63) is 84.0 Å². The van der Waals surface area contributed by atoms with Crippen molar-refractivity contribution in [1.29, 1.82) is 0 Å². The first-order valence-corrected chi connectivity index (χ1v) is 7.14. The normalized spacial score (nSPS) is 11.3. The number of hydrogen-bond donors (Lipinski definition) is 0. The third kappa shape index (κ3) is 3.91. The fourth-order valence-electron chi connectivity index (χ4n) is 1.98. The molecule has 0 atom stereocenters. The second kappa shape index (κ2) is 6.70. The second-order valence-electron chi connectivity index (χ2n) is 4.96. The Labute approximate surface area is 133 Å². The summed E-state index contributed by atoms with van der Waals surface area (Å²) in [5.41, 5.74) is 2.03. The first-order valence-electron chi connectivity index (χ1n) is 7.14. The number of ether oxygens (including phenoxy) is 1. The summed E-state index contributed by atoms with van der Waals surface area (Å²) in [6.45, 7) is 1.97. The summed E-state index contributed by atoms with van der Waals surface area (Å²) >= 11 is 0. The molecule has 0 radical (unpaired) electrons. The van der Waals surface area contributed by atoms with E-state index in [1.165, 1.54) is 6.20 Å². The van der Waals surface area contributed by atoms with E-state index in [-0.39, 0.29) is 0 Å². The van der Waals surface area contributed by atoms with Crippen LogP contribution in [-0.4, -0.2) is 15.9 Å². The molecule has 0 saturated heterocycles. The van der Waals surface area contributed by atoms with Gasteiger partial charge >= 0.3 is 6.09 Å². The molecule has 0 unspecified atom stereocenters. The Morgan fingerprint density at radius 3 is 2.43 bits per heavy atom. The van der Waals surface area contributed by atoms with Crippen LogP contribution in [0.4, 0.5) is 4.79 Å². The summed E-state index contributed by atoms with van der Waals surface area (Å²) in [5.74, 6) is 0.465. The number of nitrogens with zero attached hydrogens (tertiary/aromatic N) is 3. The van der Waals surface area contributed by atoms with Crippen molar-refractivity contribution in [2.75, 3.05) is 0 Å². The quantitative estimate of drug-likeness (QED) is 0.730. The lowest BCUT2D eigenvalue weighted by Gasteiger charge is -2.03. The van der Waals surface area contributed by atoms with E-state index in [1.807, 2.05) is 49.4 Å². The van der Waals surface area contributed by atoms with Crippen LogP contribution in [0.25, 0.3) is 5.69 Å². The van der Waals surface area contributed by atoms with Gasteiger partial charge in [0.2, 0.25) is 0 Å². The van der Waals surface area contributed by atoms with E-state index in [2.05, 4.69) is 10.1 Å². The molecule has 2 aromatic carbocycles. The summed E-state index contributed by atoms with van der Waals surface area (Å²) in [6.07, 6.45) is 2.59. The van der Waals surface area contributed by atoms with Gasteiger partial charge in [0.1, 0.15) is 5.75 Å².